The number of aryl methyl sites for hydroxylation is 2. The molecule has 0 radical (unpaired) electrons. The molecule has 0 saturated heterocycles. The number of hydrogen-bond donors (Lipinski definition) is 2. The number of aliphatic imine (C=N–C) groups is 1. The maximum atomic E-state index is 12.2. The third kappa shape index (κ3) is 4.99. The van der Waals surface area contributed by atoms with Crippen LogP contribution in [0.1, 0.15) is 38.9 Å². The van der Waals surface area contributed by atoms with Crippen LogP contribution in [-0.2, 0) is 19.5 Å². The molecular formula is C14H27IN6O. The van der Waals surface area contributed by atoms with Crippen LogP contribution in [0.2, 0.25) is 0 Å². The molecule has 7 nitrogen and oxygen atoms in total. The van der Waals surface area contributed by atoms with Gasteiger partial charge in [0.1, 0.15) is 5.82 Å². The Kier molecular flexibility index (Phi) is 7.91. The van der Waals surface area contributed by atoms with Gasteiger partial charge in [-0.3, -0.25) is 9.56 Å². The monoisotopic (exact) mass is 422 g/mol. The second-order valence-corrected chi connectivity index (χ2v) is 5.68. The number of guanidine groups is 1. The molecule has 0 saturated carbocycles. The molecule has 0 fully saturated rings. The average Bonchev–Trinajstić information content (AvgIpc) is 2.79. The van der Waals surface area contributed by atoms with E-state index in [9.17, 15) is 4.79 Å². The van der Waals surface area contributed by atoms with E-state index < -0.39 is 0 Å². The number of halogens is 1. The molecule has 22 heavy (non-hydrogen) atoms. The molecule has 0 spiro atoms. The quantitative estimate of drug-likeness (QED) is 0.321. The van der Waals surface area contributed by atoms with Crippen LogP contribution in [0.25, 0.3) is 0 Å². The highest BCUT2D eigenvalue weighted by molar-refractivity contribution is 14.0. The Hall–Kier alpha value is -1.06. The first-order valence-corrected chi connectivity index (χ1v) is 7.75. The maximum Gasteiger partial charge on any atom is 0.345 e. The van der Waals surface area contributed by atoms with Gasteiger partial charge in [-0.2, -0.15) is 5.10 Å². The fourth-order valence-corrected chi connectivity index (χ4v) is 2.50. The van der Waals surface area contributed by atoms with Crippen molar-refractivity contribution in [2.24, 2.45) is 4.99 Å². The summed E-state index contributed by atoms with van der Waals surface area (Å²) in [5, 5.41) is 10.9. The lowest BCUT2D eigenvalue weighted by Crippen LogP contribution is -2.41. The molecule has 0 bridgehead atoms. The predicted molar refractivity (Wildman–Crippen MR) is 99.1 cm³/mol. The van der Waals surface area contributed by atoms with Gasteiger partial charge in [0, 0.05) is 39.1 Å². The molecule has 0 unspecified atom stereocenters. The van der Waals surface area contributed by atoms with E-state index in [0.29, 0.717) is 12.6 Å². The third-order valence-electron chi connectivity index (χ3n) is 3.52. The minimum absolute atomic E-state index is 0. The van der Waals surface area contributed by atoms with Crippen LogP contribution in [0, 0.1) is 0 Å². The zero-order valence-corrected chi connectivity index (χ0v) is 16.0. The van der Waals surface area contributed by atoms with E-state index in [1.54, 1.807) is 11.7 Å². The molecule has 1 aliphatic heterocycles. The lowest BCUT2D eigenvalue weighted by molar-refractivity contribution is 0.509. The number of hydrogen-bond acceptors (Lipinski definition) is 3. The van der Waals surface area contributed by atoms with Crippen molar-refractivity contribution in [1.29, 1.82) is 0 Å². The Balaban J connectivity index is 0.00000242. The minimum atomic E-state index is 0. The van der Waals surface area contributed by atoms with E-state index in [1.165, 1.54) is 0 Å². The Morgan fingerprint density at radius 2 is 2.18 bits per heavy atom. The molecule has 8 heteroatoms. The van der Waals surface area contributed by atoms with Crippen LogP contribution < -0.4 is 16.3 Å². The van der Waals surface area contributed by atoms with Crippen molar-refractivity contribution in [3.8, 4) is 0 Å². The Labute approximate surface area is 148 Å². The highest BCUT2D eigenvalue weighted by atomic mass is 127. The van der Waals surface area contributed by atoms with Crippen LogP contribution in [0.15, 0.2) is 9.79 Å². The highest BCUT2D eigenvalue weighted by Crippen LogP contribution is 2.09. The Morgan fingerprint density at radius 3 is 2.82 bits per heavy atom. The molecule has 0 atom stereocenters. The normalized spacial score (nSPS) is 14.5. The van der Waals surface area contributed by atoms with Gasteiger partial charge >= 0.3 is 5.69 Å². The second-order valence-electron chi connectivity index (χ2n) is 5.68. The molecule has 126 valence electrons. The summed E-state index contributed by atoms with van der Waals surface area (Å²) in [7, 11) is 1.76. The van der Waals surface area contributed by atoms with Gasteiger partial charge in [0.2, 0.25) is 0 Å². The van der Waals surface area contributed by atoms with Gasteiger partial charge in [0.25, 0.3) is 0 Å². The van der Waals surface area contributed by atoms with Crippen LogP contribution >= 0.6 is 24.0 Å². The van der Waals surface area contributed by atoms with Crippen molar-refractivity contribution < 1.29 is 0 Å². The summed E-state index contributed by atoms with van der Waals surface area (Å²) >= 11 is 0. The average molecular weight is 422 g/mol. The lowest BCUT2D eigenvalue weighted by Gasteiger charge is -2.14. The van der Waals surface area contributed by atoms with Crippen molar-refractivity contribution in [1.82, 2.24) is 25.0 Å². The second kappa shape index (κ2) is 9.16. The number of nitrogens with one attached hydrogen (secondary N) is 2. The summed E-state index contributed by atoms with van der Waals surface area (Å²) in [6, 6.07) is 0.346. The first kappa shape index (κ1) is 19.0. The molecular weight excluding hydrogens is 395 g/mol. The SMILES string of the molecule is CN=C(NCCCn1nc2n(c1=O)CCCC2)NC(C)C.I. The fourth-order valence-electron chi connectivity index (χ4n) is 2.50. The fraction of sp³-hybridized carbons (Fsp3) is 0.786. The van der Waals surface area contributed by atoms with Crippen molar-refractivity contribution in [2.45, 2.75) is 58.7 Å². The Bertz CT molecular complexity index is 548. The molecule has 1 aliphatic rings. The van der Waals surface area contributed by atoms with Gasteiger partial charge in [-0.15, -0.1) is 24.0 Å². The molecule has 1 aromatic rings. The smallest absolute Gasteiger partial charge is 0.345 e. The standard InChI is InChI=1S/C14H26N6O.HI/c1-11(2)17-13(15-3)16-8-6-10-20-14(21)19-9-5-4-7-12(19)18-20;/h11H,4-10H2,1-3H3,(H2,15,16,17);1H. The van der Waals surface area contributed by atoms with E-state index in [-0.39, 0.29) is 29.7 Å². The number of aromatic nitrogens is 3. The summed E-state index contributed by atoms with van der Waals surface area (Å²) in [6.45, 7) is 6.37. The first-order chi connectivity index (χ1) is 10.1. The topological polar surface area (TPSA) is 76.2 Å². The molecule has 0 aliphatic carbocycles. The van der Waals surface area contributed by atoms with E-state index in [1.807, 2.05) is 4.57 Å². The maximum absolute atomic E-state index is 12.2. The van der Waals surface area contributed by atoms with E-state index in [4.69, 9.17) is 0 Å². The van der Waals surface area contributed by atoms with Gasteiger partial charge < -0.3 is 10.6 Å². The zero-order valence-electron chi connectivity index (χ0n) is 13.6. The summed E-state index contributed by atoms with van der Waals surface area (Å²) in [5.74, 6) is 1.73. The number of nitrogens with zero attached hydrogens (tertiary/aromatic N) is 4. The largest absolute Gasteiger partial charge is 0.356 e. The zero-order chi connectivity index (χ0) is 15.2. The van der Waals surface area contributed by atoms with Crippen LogP contribution in [0.4, 0.5) is 0 Å². The van der Waals surface area contributed by atoms with Crippen LogP contribution in [0.3, 0.4) is 0 Å². The van der Waals surface area contributed by atoms with Crippen molar-refractivity contribution in [3.05, 3.63) is 16.3 Å². The van der Waals surface area contributed by atoms with E-state index in [0.717, 1.165) is 50.6 Å². The minimum Gasteiger partial charge on any atom is -0.356 e. The summed E-state index contributed by atoms with van der Waals surface area (Å²) in [6.07, 6.45) is 3.98. The molecule has 0 amide bonds. The summed E-state index contributed by atoms with van der Waals surface area (Å²) in [4.78, 5) is 16.3. The van der Waals surface area contributed by atoms with Gasteiger partial charge in [-0.05, 0) is 33.1 Å². The Morgan fingerprint density at radius 1 is 1.41 bits per heavy atom. The molecule has 2 N–H and O–H groups in total. The van der Waals surface area contributed by atoms with Crippen molar-refractivity contribution >= 4 is 29.9 Å². The van der Waals surface area contributed by atoms with Gasteiger partial charge in [0.15, 0.2) is 5.96 Å². The van der Waals surface area contributed by atoms with Gasteiger partial charge in [-0.1, -0.05) is 0 Å². The molecule has 2 rings (SSSR count). The predicted octanol–water partition coefficient (Wildman–Crippen LogP) is 0.963. The third-order valence-corrected chi connectivity index (χ3v) is 3.52. The molecule has 0 aromatic carbocycles. The van der Waals surface area contributed by atoms with Crippen molar-refractivity contribution in [2.75, 3.05) is 13.6 Å². The molecule has 1 aromatic heterocycles. The summed E-state index contributed by atoms with van der Waals surface area (Å²) in [5.41, 5.74) is 0.0365. The van der Waals surface area contributed by atoms with Crippen LogP contribution in [-0.4, -0.2) is 39.9 Å². The first-order valence-electron chi connectivity index (χ1n) is 7.75. The van der Waals surface area contributed by atoms with Gasteiger partial charge in [0.05, 0.1) is 0 Å². The van der Waals surface area contributed by atoms with Gasteiger partial charge in [-0.25, -0.2) is 9.48 Å². The van der Waals surface area contributed by atoms with Crippen molar-refractivity contribution in [3.63, 3.8) is 0 Å². The van der Waals surface area contributed by atoms with E-state index in [2.05, 4.69) is 34.6 Å². The number of fused-ring (bicyclic) bond motifs is 1. The number of rotatable bonds is 5. The highest BCUT2D eigenvalue weighted by Gasteiger charge is 2.16. The van der Waals surface area contributed by atoms with E-state index >= 15 is 0 Å². The van der Waals surface area contributed by atoms with Crippen LogP contribution in [0.5, 0.6) is 0 Å². The lowest BCUT2D eigenvalue weighted by atomic mass is 10.2. The summed E-state index contributed by atoms with van der Waals surface area (Å²) < 4.78 is 3.41. The molecule has 2 heterocycles.